The largest absolute Gasteiger partial charge is 0.298 e. The highest BCUT2D eigenvalue weighted by Crippen LogP contribution is 2.31. The van der Waals surface area contributed by atoms with Crippen molar-refractivity contribution < 1.29 is 4.79 Å². The summed E-state index contributed by atoms with van der Waals surface area (Å²) >= 11 is 0. The number of rotatable bonds is 7. The van der Waals surface area contributed by atoms with Crippen LogP contribution in [0.2, 0.25) is 0 Å². The fraction of sp³-hybridized carbons (Fsp3) is 0.933. The van der Waals surface area contributed by atoms with Crippen molar-refractivity contribution in [2.75, 3.05) is 13.1 Å². The topological polar surface area (TPSA) is 20.3 Å². The van der Waals surface area contributed by atoms with Crippen molar-refractivity contribution in [2.24, 2.45) is 5.92 Å². The van der Waals surface area contributed by atoms with Gasteiger partial charge in [-0.3, -0.25) is 9.69 Å². The predicted octanol–water partition coefficient (Wildman–Crippen LogP) is 3.65. The first kappa shape index (κ1) is 14.7. The Bertz CT molecular complexity index is 239. The van der Waals surface area contributed by atoms with Gasteiger partial charge in [0, 0.05) is 6.42 Å². The molecule has 2 heteroatoms. The number of likely N-dealkylation sites (tertiary alicyclic amines) is 1. The van der Waals surface area contributed by atoms with E-state index in [1.165, 1.54) is 12.8 Å². The van der Waals surface area contributed by atoms with Gasteiger partial charge >= 0.3 is 0 Å². The summed E-state index contributed by atoms with van der Waals surface area (Å²) in [4.78, 5) is 15.1. The summed E-state index contributed by atoms with van der Waals surface area (Å²) in [6.07, 6.45) is 6.33. The highest BCUT2D eigenvalue weighted by molar-refractivity contribution is 5.88. The molecule has 0 bridgehead atoms. The van der Waals surface area contributed by atoms with E-state index in [1.807, 2.05) is 0 Å². The third kappa shape index (κ3) is 3.09. The molecular formula is C15H29NO. The van der Waals surface area contributed by atoms with Crippen LogP contribution in [0.15, 0.2) is 0 Å². The molecule has 1 unspecified atom stereocenters. The SMILES string of the molecule is CCC(C)CC(=O)C(CC)(CC)N1CCCC1. The monoisotopic (exact) mass is 239 g/mol. The van der Waals surface area contributed by atoms with E-state index < -0.39 is 0 Å². The van der Waals surface area contributed by atoms with Crippen LogP contribution < -0.4 is 0 Å². The van der Waals surface area contributed by atoms with Gasteiger partial charge in [0.05, 0.1) is 5.54 Å². The zero-order valence-corrected chi connectivity index (χ0v) is 12.1. The predicted molar refractivity (Wildman–Crippen MR) is 73.2 cm³/mol. The Morgan fingerprint density at radius 1 is 1.18 bits per heavy atom. The van der Waals surface area contributed by atoms with Gasteiger partial charge in [-0.2, -0.15) is 0 Å². The third-order valence-electron chi connectivity index (χ3n) is 4.63. The molecule has 1 aliphatic rings. The van der Waals surface area contributed by atoms with E-state index in [0.717, 1.165) is 38.8 Å². The Morgan fingerprint density at radius 3 is 2.12 bits per heavy atom. The van der Waals surface area contributed by atoms with Crippen molar-refractivity contribution in [1.29, 1.82) is 0 Å². The van der Waals surface area contributed by atoms with Gasteiger partial charge in [-0.05, 0) is 44.7 Å². The average molecular weight is 239 g/mol. The van der Waals surface area contributed by atoms with Crippen LogP contribution in [-0.2, 0) is 4.79 Å². The van der Waals surface area contributed by atoms with Crippen LogP contribution in [0.5, 0.6) is 0 Å². The molecule has 1 saturated heterocycles. The lowest BCUT2D eigenvalue weighted by Gasteiger charge is -2.40. The molecule has 0 aromatic heterocycles. The van der Waals surface area contributed by atoms with Crippen LogP contribution in [0.1, 0.15) is 66.2 Å². The zero-order chi connectivity index (χ0) is 12.9. The van der Waals surface area contributed by atoms with Crippen molar-refractivity contribution in [3.8, 4) is 0 Å². The van der Waals surface area contributed by atoms with Crippen molar-refractivity contribution in [1.82, 2.24) is 4.90 Å². The average Bonchev–Trinajstić information content (AvgIpc) is 2.85. The number of carbonyl (C=O) groups is 1. The molecule has 17 heavy (non-hydrogen) atoms. The van der Waals surface area contributed by atoms with Crippen LogP contribution in [0, 0.1) is 5.92 Å². The van der Waals surface area contributed by atoms with Gasteiger partial charge < -0.3 is 0 Å². The van der Waals surface area contributed by atoms with Crippen molar-refractivity contribution >= 4 is 5.78 Å². The first-order chi connectivity index (χ1) is 8.10. The second-order valence-corrected chi connectivity index (χ2v) is 5.57. The van der Waals surface area contributed by atoms with Crippen LogP contribution in [0.25, 0.3) is 0 Å². The zero-order valence-electron chi connectivity index (χ0n) is 12.1. The fourth-order valence-electron chi connectivity index (χ4n) is 3.06. The maximum atomic E-state index is 12.6. The number of nitrogens with zero attached hydrogens (tertiary/aromatic N) is 1. The van der Waals surface area contributed by atoms with E-state index in [2.05, 4.69) is 32.6 Å². The number of carbonyl (C=O) groups excluding carboxylic acids is 1. The second-order valence-electron chi connectivity index (χ2n) is 5.57. The minimum Gasteiger partial charge on any atom is -0.298 e. The van der Waals surface area contributed by atoms with E-state index in [1.54, 1.807) is 0 Å². The first-order valence-corrected chi connectivity index (χ1v) is 7.39. The summed E-state index contributed by atoms with van der Waals surface area (Å²) in [7, 11) is 0. The number of ketones is 1. The lowest BCUT2D eigenvalue weighted by atomic mass is 9.82. The molecular weight excluding hydrogens is 210 g/mol. The molecule has 0 amide bonds. The molecule has 0 N–H and O–H groups in total. The lowest BCUT2D eigenvalue weighted by molar-refractivity contribution is -0.132. The van der Waals surface area contributed by atoms with Gasteiger partial charge in [0.2, 0.25) is 0 Å². The molecule has 2 nitrogen and oxygen atoms in total. The van der Waals surface area contributed by atoms with Gasteiger partial charge in [-0.25, -0.2) is 0 Å². The number of hydrogen-bond donors (Lipinski definition) is 0. The normalized spacial score (nSPS) is 19.5. The van der Waals surface area contributed by atoms with Crippen molar-refractivity contribution in [3.05, 3.63) is 0 Å². The molecule has 1 rings (SSSR count). The second kappa shape index (κ2) is 6.53. The highest BCUT2D eigenvalue weighted by atomic mass is 16.1. The maximum absolute atomic E-state index is 12.6. The Kier molecular flexibility index (Phi) is 5.64. The summed E-state index contributed by atoms with van der Waals surface area (Å²) in [5.41, 5.74) is -0.153. The lowest BCUT2D eigenvalue weighted by Crippen LogP contribution is -2.53. The minimum absolute atomic E-state index is 0.153. The fourth-order valence-corrected chi connectivity index (χ4v) is 3.06. The molecule has 0 aliphatic carbocycles. The maximum Gasteiger partial charge on any atom is 0.153 e. The summed E-state index contributed by atoms with van der Waals surface area (Å²) in [6, 6.07) is 0. The third-order valence-corrected chi connectivity index (χ3v) is 4.63. The van der Waals surface area contributed by atoms with E-state index in [0.29, 0.717) is 11.7 Å². The van der Waals surface area contributed by atoms with E-state index in [-0.39, 0.29) is 5.54 Å². The molecule has 1 aliphatic heterocycles. The van der Waals surface area contributed by atoms with Crippen LogP contribution in [0.4, 0.5) is 0 Å². The Balaban J connectivity index is 2.78. The molecule has 100 valence electrons. The standard InChI is InChI=1S/C15H29NO/c1-5-13(4)12-14(17)15(6-2,7-3)16-10-8-9-11-16/h13H,5-12H2,1-4H3. The smallest absolute Gasteiger partial charge is 0.153 e. The van der Waals surface area contributed by atoms with Crippen LogP contribution >= 0.6 is 0 Å². The number of Topliss-reactive ketones (excluding diaryl/α,β-unsaturated/α-hetero) is 1. The van der Waals surface area contributed by atoms with Crippen LogP contribution in [-0.4, -0.2) is 29.3 Å². The van der Waals surface area contributed by atoms with Gasteiger partial charge in [-0.1, -0.05) is 34.1 Å². The molecule has 1 heterocycles. The molecule has 0 spiro atoms. The van der Waals surface area contributed by atoms with Crippen molar-refractivity contribution in [3.63, 3.8) is 0 Å². The van der Waals surface area contributed by atoms with E-state index in [4.69, 9.17) is 0 Å². The summed E-state index contributed by atoms with van der Waals surface area (Å²) in [6.45, 7) is 11.0. The molecule has 0 aromatic rings. The quantitative estimate of drug-likeness (QED) is 0.676. The molecule has 0 saturated carbocycles. The number of hydrogen-bond acceptors (Lipinski definition) is 2. The van der Waals surface area contributed by atoms with Crippen LogP contribution in [0.3, 0.4) is 0 Å². The minimum atomic E-state index is -0.153. The highest BCUT2D eigenvalue weighted by Gasteiger charge is 2.41. The van der Waals surface area contributed by atoms with E-state index in [9.17, 15) is 4.79 Å². The van der Waals surface area contributed by atoms with Crippen molar-refractivity contribution in [2.45, 2.75) is 71.8 Å². The van der Waals surface area contributed by atoms with Gasteiger partial charge in [-0.15, -0.1) is 0 Å². The summed E-state index contributed by atoms with van der Waals surface area (Å²) < 4.78 is 0. The van der Waals surface area contributed by atoms with Gasteiger partial charge in [0.1, 0.15) is 0 Å². The molecule has 0 aromatic carbocycles. The van der Waals surface area contributed by atoms with Gasteiger partial charge in [0.15, 0.2) is 5.78 Å². The molecule has 0 radical (unpaired) electrons. The molecule has 1 fully saturated rings. The Morgan fingerprint density at radius 2 is 1.71 bits per heavy atom. The Labute approximate surface area is 107 Å². The summed E-state index contributed by atoms with van der Waals surface area (Å²) in [5.74, 6) is 1.02. The van der Waals surface area contributed by atoms with Gasteiger partial charge in [0.25, 0.3) is 0 Å². The van der Waals surface area contributed by atoms with E-state index >= 15 is 0 Å². The summed E-state index contributed by atoms with van der Waals surface area (Å²) in [5, 5.41) is 0. The molecule has 1 atom stereocenters. The first-order valence-electron chi connectivity index (χ1n) is 7.39. The Hall–Kier alpha value is -0.370.